The highest BCUT2D eigenvalue weighted by Gasteiger charge is 2.36. The lowest BCUT2D eigenvalue weighted by atomic mass is 9.83. The number of esters is 2. The maximum Gasteiger partial charge on any atom is 0.314 e. The molecule has 6 nitrogen and oxygen atoms in total. The van der Waals surface area contributed by atoms with Crippen molar-refractivity contribution in [2.24, 2.45) is 29.1 Å². The van der Waals surface area contributed by atoms with Crippen molar-refractivity contribution in [2.75, 3.05) is 0 Å². The number of carbonyl (C=O) groups is 3. The van der Waals surface area contributed by atoms with Gasteiger partial charge in [0.1, 0.15) is 11.5 Å². The Labute approximate surface area is 234 Å². The van der Waals surface area contributed by atoms with E-state index in [4.69, 9.17) is 16.0 Å². The summed E-state index contributed by atoms with van der Waals surface area (Å²) < 4.78 is 12.3. The summed E-state index contributed by atoms with van der Waals surface area (Å²) in [6, 6.07) is 3.35. The van der Waals surface area contributed by atoms with Crippen LogP contribution in [-0.2, 0) is 14.4 Å². The third-order valence-corrected chi connectivity index (χ3v) is 10.4. The Kier molecular flexibility index (Phi) is 8.99. The topological polar surface area (TPSA) is 74.0 Å². The van der Waals surface area contributed by atoms with Crippen molar-refractivity contribution >= 4 is 41.2 Å². The molecule has 1 aromatic rings. The molecular formula is C30H37NO5S2. The number of carbonyl (C=O) groups excluding carboxylic acids is 3. The van der Waals surface area contributed by atoms with Gasteiger partial charge in [0.15, 0.2) is 5.78 Å². The molecule has 0 saturated heterocycles. The summed E-state index contributed by atoms with van der Waals surface area (Å²) in [7, 11) is 0. The average Bonchev–Trinajstić information content (AvgIpc) is 3.32. The van der Waals surface area contributed by atoms with E-state index in [1.165, 1.54) is 23.5 Å². The molecule has 0 aromatic heterocycles. The van der Waals surface area contributed by atoms with Crippen molar-refractivity contribution in [3.8, 4) is 11.5 Å². The zero-order valence-electron chi connectivity index (χ0n) is 22.9. The molecule has 1 aromatic carbocycles. The molecule has 38 heavy (non-hydrogen) atoms. The maximum absolute atomic E-state index is 13.1. The zero-order valence-corrected chi connectivity index (χ0v) is 24.6. The molecule has 1 heterocycles. The molecule has 8 heteroatoms. The lowest BCUT2D eigenvalue weighted by Crippen LogP contribution is -2.25. The first-order valence-corrected chi connectivity index (χ1v) is 15.2. The second-order valence-corrected chi connectivity index (χ2v) is 14.3. The van der Waals surface area contributed by atoms with E-state index in [2.05, 4.69) is 18.7 Å². The van der Waals surface area contributed by atoms with Crippen LogP contribution in [0.25, 0.3) is 4.85 Å². The number of hydrogen-bond acceptors (Lipinski definition) is 7. The minimum absolute atomic E-state index is 0.0563. The van der Waals surface area contributed by atoms with Crippen LogP contribution in [0.5, 0.6) is 11.5 Å². The van der Waals surface area contributed by atoms with E-state index < -0.39 is 5.41 Å². The Morgan fingerprint density at radius 2 is 1.18 bits per heavy atom. The van der Waals surface area contributed by atoms with Crippen LogP contribution in [0.15, 0.2) is 31.9 Å². The normalized spacial score (nSPS) is 25.2. The van der Waals surface area contributed by atoms with E-state index in [9.17, 15) is 14.4 Å². The molecule has 2 saturated carbocycles. The number of hydrogen-bond donors (Lipinski definition) is 0. The third kappa shape index (κ3) is 6.48. The lowest BCUT2D eigenvalue weighted by Gasteiger charge is -2.25. The predicted octanol–water partition coefficient (Wildman–Crippen LogP) is 8.05. The van der Waals surface area contributed by atoms with E-state index in [0.29, 0.717) is 37.4 Å². The Morgan fingerprint density at radius 1 is 0.789 bits per heavy atom. The van der Waals surface area contributed by atoms with Crippen molar-refractivity contribution in [3.63, 3.8) is 0 Å². The lowest BCUT2D eigenvalue weighted by molar-refractivity contribution is -0.141. The molecule has 0 amide bonds. The van der Waals surface area contributed by atoms with Crippen LogP contribution in [0.2, 0.25) is 0 Å². The van der Waals surface area contributed by atoms with Crippen LogP contribution in [0.3, 0.4) is 0 Å². The van der Waals surface area contributed by atoms with Crippen LogP contribution in [0, 0.1) is 35.7 Å². The molecular weight excluding hydrogens is 518 g/mol. The molecule has 0 unspecified atom stereocenters. The molecule has 3 aliphatic rings. The first-order valence-electron chi connectivity index (χ1n) is 13.6. The minimum atomic E-state index is -0.719. The van der Waals surface area contributed by atoms with E-state index in [1.807, 2.05) is 0 Å². The van der Waals surface area contributed by atoms with Crippen LogP contribution < -0.4 is 9.47 Å². The van der Waals surface area contributed by atoms with Gasteiger partial charge in [0, 0.05) is 5.41 Å². The molecule has 0 spiro atoms. The van der Waals surface area contributed by atoms with E-state index in [1.54, 1.807) is 32.9 Å². The van der Waals surface area contributed by atoms with Gasteiger partial charge in [-0.3, -0.25) is 9.59 Å². The fourth-order valence-corrected chi connectivity index (χ4v) is 7.67. The molecule has 0 atom stereocenters. The number of ketones is 1. The van der Waals surface area contributed by atoms with Gasteiger partial charge in [0.25, 0.3) is 0 Å². The number of allylic oxidation sites excluding steroid dienone is 1. The molecule has 0 bridgehead atoms. The van der Waals surface area contributed by atoms with E-state index in [-0.39, 0.29) is 35.3 Å². The van der Waals surface area contributed by atoms with Crippen LogP contribution in [0.1, 0.15) is 86.0 Å². The Morgan fingerprint density at radius 3 is 1.53 bits per heavy atom. The molecule has 204 valence electrons. The Bertz CT molecular complexity index is 1110. The zero-order chi connectivity index (χ0) is 27.6. The van der Waals surface area contributed by atoms with Gasteiger partial charge in [-0.15, -0.1) is 0 Å². The first kappa shape index (κ1) is 28.8. The largest absolute Gasteiger partial charge is 0.425 e. The second kappa shape index (κ2) is 11.9. The first-order chi connectivity index (χ1) is 18.0. The van der Waals surface area contributed by atoms with Gasteiger partial charge >= 0.3 is 11.9 Å². The van der Waals surface area contributed by atoms with Crippen molar-refractivity contribution in [3.05, 3.63) is 33.5 Å². The number of benzene rings is 1. The fraction of sp³-hybridized carbons (Fsp3) is 0.600. The summed E-state index contributed by atoms with van der Waals surface area (Å²) in [5.41, 5.74) is -0.662. The van der Waals surface area contributed by atoms with Gasteiger partial charge < -0.3 is 14.3 Å². The Hall–Kier alpha value is -2.24. The molecule has 1 aliphatic heterocycles. The standard InChI is InChI=1S/C30H37NO5S2/c1-17-7-11-19(12-8-17)27(33)35-21-15-16-22(36-28(34)20-13-9-18(2)10-14-20)25-24(21)37-29(38-25)23(31-6)26(32)30(3,4)5/h15-20H,7-14H2,1-5H3. The average molecular weight is 556 g/mol. The van der Waals surface area contributed by atoms with Gasteiger partial charge in [-0.05, 0) is 75.3 Å². The van der Waals surface area contributed by atoms with Crippen molar-refractivity contribution in [1.82, 2.24) is 0 Å². The molecule has 2 fully saturated rings. The highest BCUT2D eigenvalue weighted by atomic mass is 32.2. The summed E-state index contributed by atoms with van der Waals surface area (Å²) in [5, 5.41) is 0. The van der Waals surface area contributed by atoms with Crippen molar-refractivity contribution < 1.29 is 23.9 Å². The number of Topliss-reactive ketones (excluding diaryl/α,β-unsaturated/α-hetero) is 1. The van der Waals surface area contributed by atoms with Crippen LogP contribution in [-0.4, -0.2) is 17.7 Å². The highest BCUT2D eigenvalue weighted by molar-refractivity contribution is 8.24. The SMILES string of the molecule is [C-]#[N+]C(C(=O)C(C)(C)C)=C1Sc2c(OC(=O)C3CCC(C)CC3)ccc(OC(=O)C3CCC(C)CC3)c2S1. The van der Waals surface area contributed by atoms with Crippen molar-refractivity contribution in [1.29, 1.82) is 0 Å². The number of thioether (sulfide) groups is 2. The summed E-state index contributed by atoms with van der Waals surface area (Å²) in [6.45, 7) is 17.5. The third-order valence-electron chi connectivity index (χ3n) is 7.75. The van der Waals surface area contributed by atoms with Gasteiger partial charge in [0.05, 0.1) is 32.4 Å². The van der Waals surface area contributed by atoms with Gasteiger partial charge in [-0.1, -0.05) is 58.1 Å². The molecule has 0 radical (unpaired) electrons. The summed E-state index contributed by atoms with van der Waals surface area (Å²) in [5.74, 6) is 0.990. The van der Waals surface area contributed by atoms with Crippen LogP contribution in [0.4, 0.5) is 0 Å². The molecule has 0 N–H and O–H groups in total. The summed E-state index contributed by atoms with van der Waals surface area (Å²) >= 11 is 2.49. The summed E-state index contributed by atoms with van der Waals surface area (Å²) in [6.07, 6.45) is 7.28. The quantitative estimate of drug-likeness (QED) is 0.157. The van der Waals surface area contributed by atoms with Gasteiger partial charge in [-0.25, -0.2) is 4.85 Å². The van der Waals surface area contributed by atoms with E-state index in [0.717, 1.165) is 51.4 Å². The Balaban J connectivity index is 1.64. The number of nitrogens with zero attached hydrogens (tertiary/aromatic N) is 1. The number of fused-ring (bicyclic) bond motifs is 1. The smallest absolute Gasteiger partial charge is 0.314 e. The second-order valence-electron chi connectivity index (χ2n) is 12.0. The van der Waals surface area contributed by atoms with Gasteiger partial charge in [-0.2, -0.15) is 0 Å². The molecule has 2 aliphatic carbocycles. The van der Waals surface area contributed by atoms with Gasteiger partial charge in [0.2, 0.25) is 5.70 Å². The van der Waals surface area contributed by atoms with Crippen molar-refractivity contribution in [2.45, 2.75) is 95.8 Å². The monoisotopic (exact) mass is 555 g/mol. The van der Waals surface area contributed by atoms with E-state index >= 15 is 0 Å². The number of rotatable bonds is 5. The predicted molar refractivity (Wildman–Crippen MR) is 150 cm³/mol. The number of ether oxygens (including phenoxy) is 2. The fourth-order valence-electron chi connectivity index (χ4n) is 5.10. The van der Waals surface area contributed by atoms with Crippen LogP contribution >= 0.6 is 23.5 Å². The minimum Gasteiger partial charge on any atom is -0.425 e. The highest BCUT2D eigenvalue weighted by Crippen LogP contribution is 2.59. The summed E-state index contributed by atoms with van der Waals surface area (Å²) in [4.78, 5) is 44.0. The maximum atomic E-state index is 13.1. The molecule has 4 rings (SSSR count).